The van der Waals surface area contributed by atoms with Gasteiger partial charge in [0.25, 0.3) is 0 Å². The van der Waals surface area contributed by atoms with Crippen molar-refractivity contribution in [3.8, 4) is 22.3 Å². The van der Waals surface area contributed by atoms with Crippen molar-refractivity contribution in [2.45, 2.75) is 6.42 Å². The smallest absolute Gasteiger partial charge is 0.0771 e. The molecule has 0 atom stereocenters. The number of benzene rings is 6. The fourth-order valence-electron chi connectivity index (χ4n) is 5.33. The third-order valence-electron chi connectivity index (χ3n) is 7.67. The minimum Gasteiger partial charge on any atom is -0.126 e. The summed E-state index contributed by atoms with van der Waals surface area (Å²) in [6, 6.07) is 57.9. The minimum absolute atomic E-state index is 0. The maximum absolute atomic E-state index is 2.99. The van der Waals surface area contributed by atoms with E-state index in [1.165, 1.54) is 58.7 Å². The number of hydrogen-bond acceptors (Lipinski definition) is 0. The molecule has 0 bridgehead atoms. The van der Waals surface area contributed by atoms with Crippen LogP contribution in [0.25, 0.3) is 43.8 Å². The van der Waals surface area contributed by atoms with Crippen molar-refractivity contribution in [1.82, 2.24) is 0 Å². The third kappa shape index (κ3) is 8.76. The van der Waals surface area contributed by atoms with Gasteiger partial charge in [0.05, 0.1) is 0 Å². The fourth-order valence-corrected chi connectivity index (χ4v) is 5.85. The topological polar surface area (TPSA) is 0 Å². The Morgan fingerprint density at radius 3 is 1.24 bits per heavy atom. The summed E-state index contributed by atoms with van der Waals surface area (Å²) < 4.78 is 1.30. The largest absolute Gasteiger partial charge is 0.126 e. The van der Waals surface area contributed by atoms with E-state index in [9.17, 15) is 0 Å². The van der Waals surface area contributed by atoms with Crippen molar-refractivity contribution in [3.63, 3.8) is 0 Å². The Hall–Kier alpha value is -4.17. The molecule has 0 unspecified atom stereocenters. The molecule has 1 aliphatic carbocycles. The van der Waals surface area contributed by atoms with Gasteiger partial charge in [-0.05, 0) is 0 Å². The zero-order chi connectivity index (χ0) is 30.0. The van der Waals surface area contributed by atoms with Crippen molar-refractivity contribution in [2.75, 3.05) is 0 Å². The van der Waals surface area contributed by atoms with Crippen LogP contribution in [0.5, 0.6) is 0 Å². The van der Waals surface area contributed by atoms with Gasteiger partial charge < -0.3 is 24.8 Å². The molecule has 0 amide bonds. The van der Waals surface area contributed by atoms with E-state index in [1.807, 2.05) is 12.2 Å². The van der Waals surface area contributed by atoms with E-state index in [0.717, 1.165) is 6.42 Å². The van der Waals surface area contributed by atoms with Crippen LogP contribution in [-0.4, -0.2) is 3.81 Å². The molecule has 0 saturated carbocycles. The number of allylic oxidation sites excluding steroid dienone is 4. The van der Waals surface area contributed by atoms with Gasteiger partial charge in [0.1, 0.15) is 0 Å². The van der Waals surface area contributed by atoms with E-state index in [1.54, 1.807) is 0 Å². The molecular weight excluding hydrogens is 635 g/mol. The molecule has 0 spiro atoms. The van der Waals surface area contributed by atoms with Gasteiger partial charge in [-0.25, -0.2) is 12.2 Å². The molecule has 7 aromatic carbocycles. The average Bonchev–Trinajstić information content (AvgIpc) is 3.82. The molecule has 0 aliphatic heterocycles. The molecule has 8 rings (SSSR count). The van der Waals surface area contributed by atoms with E-state index in [2.05, 4.69) is 196 Å². The Kier molecular flexibility index (Phi) is 13.2. The maximum Gasteiger partial charge on any atom is -0.0771 e. The maximum atomic E-state index is 2.99. The second-order valence-electron chi connectivity index (χ2n) is 10.6. The van der Waals surface area contributed by atoms with Crippen LogP contribution in [0.4, 0.5) is 0 Å². The van der Waals surface area contributed by atoms with Crippen molar-refractivity contribution in [3.05, 3.63) is 199 Å². The molecule has 3 heteroatoms. The van der Waals surface area contributed by atoms with Gasteiger partial charge in [-0.15, -0.1) is 46.2 Å². The van der Waals surface area contributed by atoms with Gasteiger partial charge >= 0.3 is 166 Å². The first kappa shape index (κ1) is 34.7. The molecule has 0 heterocycles. The molecule has 0 nitrogen and oxygen atoms in total. The summed E-state index contributed by atoms with van der Waals surface area (Å²) in [6.45, 7) is 0. The zero-order valence-corrected chi connectivity index (χ0v) is 28.4. The number of hydrogen-bond donors (Lipinski definition) is 0. The number of rotatable bonds is 4. The summed E-state index contributed by atoms with van der Waals surface area (Å²) in [5.41, 5.74) is 7.53. The van der Waals surface area contributed by atoms with Gasteiger partial charge in [-0.3, -0.25) is 6.08 Å². The molecule has 0 aromatic heterocycles. The Morgan fingerprint density at radius 1 is 0.478 bits per heavy atom. The normalized spacial score (nSPS) is 11.0. The van der Waals surface area contributed by atoms with Crippen molar-refractivity contribution in [1.29, 1.82) is 0 Å². The SMILES string of the molecule is [C-]1=CC=CC1.[Cl-].[Cl-].[Ti+2]=[C](c1ccc(-c2ccccc2)cc1)c1ccc(-c2ccccc2)cc1.c1ccc2c(c1)[cH-]c1ccccc12. The second kappa shape index (κ2) is 17.5. The monoisotopic (exact) mass is 666 g/mol. The van der Waals surface area contributed by atoms with Gasteiger partial charge in [-0.2, -0.15) is 6.08 Å². The summed E-state index contributed by atoms with van der Waals surface area (Å²) in [5.74, 6) is 0. The zero-order valence-electron chi connectivity index (χ0n) is 25.3. The summed E-state index contributed by atoms with van der Waals surface area (Å²) in [5, 5.41) is 5.39. The average molecular weight is 668 g/mol. The van der Waals surface area contributed by atoms with E-state index in [-0.39, 0.29) is 24.8 Å². The standard InChI is InChI=1S/C25H18.C13H9.C5H5.2ClH.Ti/c1-3-7-22(8-4-1)24-15-11-20(12-16-24)19-21-13-17-25(18-14-21)23-9-5-2-6-10-23;1-3-7-12-10(5-1)9-11-6-2-4-8-13(11)12;1-2-4-5-3-1;;;/h1-18H;1-9H;1-3H,4H2;2*1H;/q;2*-1;;;+2/p-2. The predicted molar refractivity (Wildman–Crippen MR) is 186 cm³/mol. The van der Waals surface area contributed by atoms with Gasteiger partial charge in [-0.1, -0.05) is 36.4 Å². The Bertz CT molecular complexity index is 1870. The van der Waals surface area contributed by atoms with E-state index >= 15 is 0 Å². The van der Waals surface area contributed by atoms with E-state index in [0.29, 0.717) is 0 Å². The summed E-state index contributed by atoms with van der Waals surface area (Å²) in [7, 11) is 0. The Labute approximate surface area is 296 Å². The van der Waals surface area contributed by atoms with Crippen molar-refractivity contribution in [2.24, 2.45) is 0 Å². The molecular formula is C43H32Cl2Ti-2. The molecule has 7 aromatic rings. The van der Waals surface area contributed by atoms with Gasteiger partial charge in [0.2, 0.25) is 0 Å². The first-order chi connectivity index (χ1) is 21.8. The van der Waals surface area contributed by atoms with Crippen LogP contribution < -0.4 is 24.8 Å². The third-order valence-corrected chi connectivity index (χ3v) is 8.57. The quantitative estimate of drug-likeness (QED) is 0.180. The predicted octanol–water partition coefficient (Wildman–Crippen LogP) is 5.16. The number of halogens is 2. The summed E-state index contributed by atoms with van der Waals surface area (Å²) in [4.78, 5) is 0. The molecule has 0 saturated heterocycles. The van der Waals surface area contributed by atoms with Gasteiger partial charge in [0.15, 0.2) is 0 Å². The van der Waals surface area contributed by atoms with Crippen molar-refractivity contribution < 1.29 is 44.8 Å². The molecule has 1 aliphatic rings. The molecule has 0 N–H and O–H groups in total. The number of fused-ring (bicyclic) bond motifs is 3. The Morgan fingerprint density at radius 2 is 0.870 bits per heavy atom. The molecule has 46 heavy (non-hydrogen) atoms. The Balaban J connectivity index is 0.000000199. The van der Waals surface area contributed by atoms with Crippen LogP contribution in [0.2, 0.25) is 0 Å². The van der Waals surface area contributed by atoms with Crippen molar-refractivity contribution >= 4 is 25.4 Å². The van der Waals surface area contributed by atoms with E-state index < -0.39 is 0 Å². The van der Waals surface area contributed by atoms with E-state index in [4.69, 9.17) is 0 Å². The van der Waals surface area contributed by atoms with Crippen LogP contribution in [0.15, 0.2) is 182 Å². The minimum atomic E-state index is 0. The fraction of sp³-hybridized carbons (Fsp3) is 0.0233. The van der Waals surface area contributed by atoms with Crippen LogP contribution in [0.1, 0.15) is 17.5 Å². The first-order valence-electron chi connectivity index (χ1n) is 14.9. The summed E-state index contributed by atoms with van der Waals surface area (Å²) in [6.07, 6.45) is 10.0. The first-order valence-corrected chi connectivity index (χ1v) is 15.7. The summed E-state index contributed by atoms with van der Waals surface area (Å²) >= 11 is 2.19. The van der Waals surface area contributed by atoms with Crippen LogP contribution in [0, 0.1) is 6.08 Å². The molecule has 0 fully saturated rings. The van der Waals surface area contributed by atoms with Crippen LogP contribution in [-0.2, 0) is 20.0 Å². The molecule has 0 radical (unpaired) electrons. The van der Waals surface area contributed by atoms with Gasteiger partial charge in [0, 0.05) is 0 Å². The van der Waals surface area contributed by atoms with Crippen LogP contribution >= 0.6 is 0 Å². The second-order valence-corrected chi connectivity index (χ2v) is 11.4. The molecule has 224 valence electrons. The van der Waals surface area contributed by atoms with Crippen LogP contribution in [0.3, 0.4) is 0 Å².